The topological polar surface area (TPSA) is 21.3 Å². The van der Waals surface area contributed by atoms with Crippen molar-refractivity contribution in [1.82, 2.24) is 5.32 Å². The van der Waals surface area contributed by atoms with Gasteiger partial charge in [-0.3, -0.25) is 0 Å². The summed E-state index contributed by atoms with van der Waals surface area (Å²) in [7, 11) is 0. The number of hydrogen-bond acceptors (Lipinski definition) is 2. The van der Waals surface area contributed by atoms with Crippen LogP contribution in [0.2, 0.25) is 0 Å². The molecule has 6 heteroatoms. The van der Waals surface area contributed by atoms with Crippen molar-refractivity contribution >= 4 is 0 Å². The molecule has 1 fully saturated rings. The molecule has 0 radical (unpaired) electrons. The molecule has 1 atom stereocenters. The van der Waals surface area contributed by atoms with Crippen molar-refractivity contribution in [1.29, 1.82) is 0 Å². The fraction of sp³-hybridized carbons (Fsp3) is 0.571. The van der Waals surface area contributed by atoms with Gasteiger partial charge in [-0.25, -0.2) is 4.39 Å². The van der Waals surface area contributed by atoms with Crippen LogP contribution < -0.4 is 5.32 Å². The molecule has 0 aliphatic carbocycles. The Bertz CT molecular complexity index is 467. The van der Waals surface area contributed by atoms with Gasteiger partial charge in [0, 0.05) is 18.7 Å². The molecule has 112 valence electrons. The lowest BCUT2D eigenvalue weighted by molar-refractivity contribution is -0.137. The molecule has 1 unspecified atom stereocenters. The number of nitrogens with one attached hydrogen (secondary N) is 1. The van der Waals surface area contributed by atoms with Gasteiger partial charge in [0.15, 0.2) is 0 Å². The molecule has 1 heterocycles. The van der Waals surface area contributed by atoms with Crippen molar-refractivity contribution in [3.63, 3.8) is 0 Å². The third-order valence-corrected chi connectivity index (χ3v) is 3.44. The summed E-state index contributed by atoms with van der Waals surface area (Å²) in [5.41, 5.74) is -0.952. The van der Waals surface area contributed by atoms with E-state index in [0.29, 0.717) is 19.3 Å². The summed E-state index contributed by atoms with van der Waals surface area (Å²) in [6.45, 7) is 3.35. The summed E-state index contributed by atoms with van der Waals surface area (Å²) >= 11 is 0. The highest BCUT2D eigenvalue weighted by Crippen LogP contribution is 2.30. The van der Waals surface area contributed by atoms with Gasteiger partial charge in [-0.15, -0.1) is 0 Å². The molecule has 0 spiro atoms. The molecule has 2 nitrogen and oxygen atoms in total. The Labute approximate surface area is 115 Å². The monoisotopic (exact) mass is 291 g/mol. The Morgan fingerprint density at radius 3 is 2.65 bits per heavy atom. The first-order chi connectivity index (χ1) is 9.28. The molecule has 1 aliphatic rings. The smallest absolute Gasteiger partial charge is 0.380 e. The summed E-state index contributed by atoms with van der Waals surface area (Å²) in [6, 6.07) is 2.60. The molecule has 20 heavy (non-hydrogen) atoms. The standard InChI is InChI=1S/C14H17F4NO/c1-13(3-2-4-20-9-13)19-8-10-5-11(14(16,17)18)7-12(15)6-10/h5-7,19H,2-4,8-9H2,1H3. The van der Waals surface area contributed by atoms with Gasteiger partial charge in [-0.1, -0.05) is 0 Å². The number of ether oxygens (including phenoxy) is 1. The molecule has 2 rings (SSSR count). The zero-order valence-electron chi connectivity index (χ0n) is 11.2. The molecule has 0 bridgehead atoms. The van der Waals surface area contributed by atoms with E-state index >= 15 is 0 Å². The van der Waals surface area contributed by atoms with Crippen LogP contribution in [0.15, 0.2) is 18.2 Å². The second-order valence-corrected chi connectivity index (χ2v) is 5.42. The lowest BCUT2D eigenvalue weighted by Gasteiger charge is -2.34. The van der Waals surface area contributed by atoms with Gasteiger partial charge in [-0.2, -0.15) is 13.2 Å². The van der Waals surface area contributed by atoms with Crippen molar-refractivity contribution < 1.29 is 22.3 Å². The summed E-state index contributed by atoms with van der Waals surface area (Å²) in [5, 5.41) is 3.16. The van der Waals surface area contributed by atoms with Gasteiger partial charge in [-0.05, 0) is 43.5 Å². The normalized spacial score (nSPS) is 23.9. The van der Waals surface area contributed by atoms with Gasteiger partial charge < -0.3 is 10.1 Å². The summed E-state index contributed by atoms with van der Waals surface area (Å²) < 4.78 is 56.5. The van der Waals surface area contributed by atoms with Crippen molar-refractivity contribution in [2.75, 3.05) is 13.2 Å². The largest absolute Gasteiger partial charge is 0.416 e. The first-order valence-electron chi connectivity index (χ1n) is 6.48. The summed E-state index contributed by atoms with van der Waals surface area (Å²) in [5.74, 6) is -0.873. The van der Waals surface area contributed by atoms with Gasteiger partial charge >= 0.3 is 6.18 Å². The minimum atomic E-state index is -4.53. The van der Waals surface area contributed by atoms with E-state index in [2.05, 4.69) is 5.32 Å². The minimum Gasteiger partial charge on any atom is -0.380 e. The minimum absolute atomic E-state index is 0.181. The summed E-state index contributed by atoms with van der Waals surface area (Å²) in [4.78, 5) is 0. The quantitative estimate of drug-likeness (QED) is 0.861. The predicted octanol–water partition coefficient (Wildman–Crippen LogP) is 3.50. The van der Waals surface area contributed by atoms with Crippen LogP contribution in [0.3, 0.4) is 0 Å². The van der Waals surface area contributed by atoms with E-state index in [9.17, 15) is 17.6 Å². The molecule has 1 saturated heterocycles. The molecule has 0 amide bonds. The van der Waals surface area contributed by atoms with E-state index in [-0.39, 0.29) is 17.6 Å². The number of rotatable bonds is 3. The third kappa shape index (κ3) is 3.93. The average Bonchev–Trinajstić information content (AvgIpc) is 2.36. The highest BCUT2D eigenvalue weighted by Gasteiger charge is 2.32. The van der Waals surface area contributed by atoms with Crippen molar-refractivity contribution in [2.24, 2.45) is 0 Å². The molecular weight excluding hydrogens is 274 g/mol. The van der Waals surface area contributed by atoms with Gasteiger partial charge in [0.25, 0.3) is 0 Å². The van der Waals surface area contributed by atoms with Crippen LogP contribution >= 0.6 is 0 Å². The highest BCUT2D eigenvalue weighted by molar-refractivity contribution is 5.27. The van der Waals surface area contributed by atoms with E-state index in [4.69, 9.17) is 4.74 Å². The highest BCUT2D eigenvalue weighted by atomic mass is 19.4. The fourth-order valence-electron chi connectivity index (χ4n) is 2.30. The number of hydrogen-bond donors (Lipinski definition) is 1. The Balaban J connectivity index is 2.07. The lowest BCUT2D eigenvalue weighted by atomic mass is 9.94. The van der Waals surface area contributed by atoms with Gasteiger partial charge in [0.2, 0.25) is 0 Å². The van der Waals surface area contributed by atoms with Crippen LogP contribution in [0.25, 0.3) is 0 Å². The maximum absolute atomic E-state index is 13.3. The molecule has 1 N–H and O–H groups in total. The maximum Gasteiger partial charge on any atom is 0.416 e. The zero-order valence-corrected chi connectivity index (χ0v) is 11.2. The first kappa shape index (κ1) is 15.3. The van der Waals surface area contributed by atoms with E-state index in [0.717, 1.165) is 25.0 Å². The lowest BCUT2D eigenvalue weighted by Crippen LogP contribution is -2.48. The Kier molecular flexibility index (Phi) is 4.34. The Hall–Kier alpha value is -1.14. The van der Waals surface area contributed by atoms with Crippen molar-refractivity contribution in [3.8, 4) is 0 Å². The van der Waals surface area contributed by atoms with Gasteiger partial charge in [0.05, 0.1) is 12.2 Å². The molecule has 0 aromatic heterocycles. The van der Waals surface area contributed by atoms with E-state index in [1.807, 2.05) is 6.92 Å². The molecule has 1 aromatic rings. The Morgan fingerprint density at radius 1 is 1.30 bits per heavy atom. The van der Waals surface area contributed by atoms with E-state index in [1.54, 1.807) is 0 Å². The van der Waals surface area contributed by atoms with Crippen LogP contribution in [0, 0.1) is 5.82 Å². The first-order valence-corrected chi connectivity index (χ1v) is 6.48. The SMILES string of the molecule is CC1(NCc2cc(F)cc(C(F)(F)F)c2)CCCOC1. The molecule has 1 aliphatic heterocycles. The Morgan fingerprint density at radius 2 is 2.05 bits per heavy atom. The fourth-order valence-corrected chi connectivity index (χ4v) is 2.30. The number of halogens is 4. The summed E-state index contributed by atoms with van der Waals surface area (Å²) in [6.07, 6.45) is -2.75. The van der Waals surface area contributed by atoms with E-state index < -0.39 is 17.6 Å². The van der Waals surface area contributed by atoms with Crippen LogP contribution in [0.4, 0.5) is 17.6 Å². The third-order valence-electron chi connectivity index (χ3n) is 3.44. The second-order valence-electron chi connectivity index (χ2n) is 5.42. The zero-order chi connectivity index (χ0) is 14.8. The number of benzene rings is 1. The maximum atomic E-state index is 13.3. The average molecular weight is 291 g/mol. The van der Waals surface area contributed by atoms with Gasteiger partial charge in [0.1, 0.15) is 5.82 Å². The molecule has 0 saturated carbocycles. The van der Waals surface area contributed by atoms with Crippen LogP contribution in [-0.4, -0.2) is 18.8 Å². The van der Waals surface area contributed by atoms with Crippen LogP contribution in [0.5, 0.6) is 0 Å². The van der Waals surface area contributed by atoms with Crippen molar-refractivity contribution in [3.05, 3.63) is 35.1 Å². The second kappa shape index (κ2) is 5.69. The van der Waals surface area contributed by atoms with Crippen LogP contribution in [-0.2, 0) is 17.5 Å². The molecular formula is C14H17F4NO. The van der Waals surface area contributed by atoms with E-state index in [1.165, 1.54) is 0 Å². The predicted molar refractivity (Wildman–Crippen MR) is 66.7 cm³/mol. The molecule has 1 aromatic carbocycles. The van der Waals surface area contributed by atoms with Crippen LogP contribution in [0.1, 0.15) is 30.9 Å². The van der Waals surface area contributed by atoms with Crippen molar-refractivity contribution in [2.45, 2.75) is 38.0 Å². The number of alkyl halides is 3.